The van der Waals surface area contributed by atoms with Crippen LogP contribution in [0.25, 0.3) is 11.1 Å². The van der Waals surface area contributed by atoms with Crippen molar-refractivity contribution >= 4 is 23.4 Å². The van der Waals surface area contributed by atoms with Crippen LogP contribution < -0.4 is 10.2 Å². The minimum Gasteiger partial charge on any atom is -0.444 e. The van der Waals surface area contributed by atoms with Gasteiger partial charge < -0.3 is 19.9 Å². The highest BCUT2D eigenvalue weighted by molar-refractivity contribution is 6.29. The van der Waals surface area contributed by atoms with Gasteiger partial charge in [-0.1, -0.05) is 11.6 Å². The van der Waals surface area contributed by atoms with E-state index in [1.54, 1.807) is 0 Å². The van der Waals surface area contributed by atoms with Crippen LogP contribution in [-0.4, -0.2) is 70.6 Å². The third kappa shape index (κ3) is 6.18. The number of alkyl carbamates (subject to hydrolysis) is 1. The number of aromatic nitrogens is 3. The molecule has 2 saturated heterocycles. The molecular formula is C24H35ClN6O2. The molecule has 33 heavy (non-hydrogen) atoms. The molecule has 0 spiro atoms. The number of amides is 1. The van der Waals surface area contributed by atoms with E-state index in [1.165, 1.54) is 0 Å². The van der Waals surface area contributed by atoms with E-state index in [4.69, 9.17) is 16.3 Å². The summed E-state index contributed by atoms with van der Waals surface area (Å²) in [7, 11) is 2.17. The number of hydrogen-bond donors (Lipinski definition) is 1. The van der Waals surface area contributed by atoms with Gasteiger partial charge in [-0.05, 0) is 72.7 Å². The molecular weight excluding hydrogens is 440 g/mol. The van der Waals surface area contributed by atoms with Crippen LogP contribution in [-0.2, 0) is 4.74 Å². The molecule has 1 N–H and O–H groups in total. The fourth-order valence-electron chi connectivity index (χ4n) is 4.63. The van der Waals surface area contributed by atoms with Crippen LogP contribution >= 0.6 is 11.6 Å². The molecule has 0 unspecified atom stereocenters. The van der Waals surface area contributed by atoms with Crippen molar-refractivity contribution in [1.29, 1.82) is 0 Å². The van der Waals surface area contributed by atoms with Crippen molar-refractivity contribution in [1.82, 2.24) is 25.0 Å². The molecule has 2 fully saturated rings. The molecule has 2 aromatic rings. The Labute approximate surface area is 201 Å². The quantitative estimate of drug-likeness (QED) is 0.663. The van der Waals surface area contributed by atoms with Crippen LogP contribution in [0.1, 0.15) is 52.5 Å². The lowest BCUT2D eigenvalue weighted by Gasteiger charge is -2.36. The van der Waals surface area contributed by atoms with Crippen molar-refractivity contribution in [2.24, 2.45) is 0 Å². The highest BCUT2D eigenvalue weighted by atomic mass is 35.5. The maximum atomic E-state index is 12.3. The van der Waals surface area contributed by atoms with E-state index in [9.17, 15) is 4.79 Å². The summed E-state index contributed by atoms with van der Waals surface area (Å²) in [6.07, 6.45) is 9.60. The number of rotatable bonds is 4. The Kier molecular flexibility index (Phi) is 7.14. The monoisotopic (exact) mass is 474 g/mol. The maximum absolute atomic E-state index is 12.3. The molecule has 0 saturated carbocycles. The predicted molar refractivity (Wildman–Crippen MR) is 131 cm³/mol. The first kappa shape index (κ1) is 23.8. The molecule has 8 nitrogen and oxygen atoms in total. The number of anilines is 1. The zero-order valence-corrected chi connectivity index (χ0v) is 20.8. The molecule has 0 radical (unpaired) electrons. The average molecular weight is 475 g/mol. The third-order valence-corrected chi connectivity index (χ3v) is 6.51. The Morgan fingerprint density at radius 3 is 2.67 bits per heavy atom. The van der Waals surface area contributed by atoms with Crippen molar-refractivity contribution in [3.8, 4) is 11.1 Å². The van der Waals surface area contributed by atoms with Crippen molar-refractivity contribution in [3.63, 3.8) is 0 Å². The average Bonchev–Trinajstić information content (AvgIpc) is 3.23. The first-order valence-electron chi connectivity index (χ1n) is 11.8. The summed E-state index contributed by atoms with van der Waals surface area (Å²) >= 11 is 6.30. The summed E-state index contributed by atoms with van der Waals surface area (Å²) < 4.78 is 7.55. The molecule has 2 aliphatic heterocycles. The van der Waals surface area contributed by atoms with Gasteiger partial charge in [0.1, 0.15) is 10.8 Å². The van der Waals surface area contributed by atoms with E-state index in [1.807, 2.05) is 39.2 Å². The minimum atomic E-state index is -0.516. The topological polar surface area (TPSA) is 75.5 Å². The van der Waals surface area contributed by atoms with Gasteiger partial charge in [-0.3, -0.25) is 4.68 Å². The highest BCUT2D eigenvalue weighted by Gasteiger charge is 2.27. The Morgan fingerprint density at radius 1 is 1.18 bits per heavy atom. The summed E-state index contributed by atoms with van der Waals surface area (Å²) in [4.78, 5) is 21.3. The second kappa shape index (κ2) is 9.89. The number of piperidine rings is 2. The van der Waals surface area contributed by atoms with Crippen LogP contribution in [0, 0.1) is 0 Å². The molecule has 2 aliphatic rings. The molecule has 0 aromatic carbocycles. The van der Waals surface area contributed by atoms with E-state index in [0.29, 0.717) is 17.7 Å². The predicted octanol–water partition coefficient (Wildman–Crippen LogP) is 4.36. The molecule has 2 aromatic heterocycles. The van der Waals surface area contributed by atoms with Gasteiger partial charge in [0.2, 0.25) is 0 Å². The van der Waals surface area contributed by atoms with Crippen LogP contribution in [0.2, 0.25) is 5.15 Å². The zero-order chi connectivity index (χ0) is 23.6. The van der Waals surface area contributed by atoms with Gasteiger partial charge in [-0.25, -0.2) is 9.78 Å². The van der Waals surface area contributed by atoms with Crippen molar-refractivity contribution in [2.45, 2.75) is 64.1 Å². The van der Waals surface area contributed by atoms with E-state index >= 15 is 0 Å². The summed E-state index contributed by atoms with van der Waals surface area (Å²) in [5.74, 6) is 0. The number of likely N-dealkylation sites (tertiary alicyclic amines) is 1. The molecule has 4 heterocycles. The van der Waals surface area contributed by atoms with Crippen molar-refractivity contribution in [2.75, 3.05) is 38.1 Å². The molecule has 4 rings (SSSR count). The Hall–Kier alpha value is -2.32. The number of nitrogens with one attached hydrogen (secondary N) is 1. The normalized spacial score (nSPS) is 20.6. The Bertz CT molecular complexity index is 964. The third-order valence-electron chi connectivity index (χ3n) is 6.31. The Morgan fingerprint density at radius 2 is 1.94 bits per heavy atom. The summed E-state index contributed by atoms with van der Waals surface area (Å²) in [5, 5.41) is 8.17. The standard InChI is InChI=1S/C24H35ClN6O2/c1-24(2,3)33-23(32)28-18-6-5-9-30(16-18)21-12-22(25)26-14-20(21)17-13-27-31(15-17)19-7-10-29(4)11-8-19/h12-15,18-19H,5-11,16H2,1-4H3,(H,28,32)/t18-/m0/s1. The van der Waals surface area contributed by atoms with Gasteiger partial charge in [0.15, 0.2) is 0 Å². The summed E-state index contributed by atoms with van der Waals surface area (Å²) in [5.41, 5.74) is 2.55. The first-order chi connectivity index (χ1) is 15.7. The molecule has 1 atom stereocenters. The number of carbonyl (C=O) groups is 1. The van der Waals surface area contributed by atoms with Gasteiger partial charge >= 0.3 is 6.09 Å². The SMILES string of the molecule is CN1CCC(n2cc(-c3cnc(Cl)cc3N3CCC[C@H](NC(=O)OC(C)(C)C)C3)cn2)CC1. The molecule has 9 heteroatoms. The van der Waals surface area contributed by atoms with Gasteiger partial charge in [-0.2, -0.15) is 5.10 Å². The van der Waals surface area contributed by atoms with Gasteiger partial charge in [0, 0.05) is 48.3 Å². The molecule has 180 valence electrons. The van der Waals surface area contributed by atoms with E-state index in [2.05, 4.69) is 43.1 Å². The summed E-state index contributed by atoms with van der Waals surface area (Å²) in [6, 6.07) is 2.35. The zero-order valence-electron chi connectivity index (χ0n) is 20.1. The largest absolute Gasteiger partial charge is 0.444 e. The number of halogens is 1. The van der Waals surface area contributed by atoms with E-state index in [0.717, 1.165) is 62.1 Å². The number of carbonyl (C=O) groups excluding carboxylic acids is 1. The van der Waals surface area contributed by atoms with Gasteiger partial charge in [0.05, 0.1) is 12.2 Å². The van der Waals surface area contributed by atoms with E-state index in [-0.39, 0.29) is 12.1 Å². The van der Waals surface area contributed by atoms with Crippen LogP contribution in [0.4, 0.5) is 10.5 Å². The van der Waals surface area contributed by atoms with Crippen LogP contribution in [0.15, 0.2) is 24.7 Å². The summed E-state index contributed by atoms with van der Waals surface area (Å²) in [6.45, 7) is 9.38. The number of hydrogen-bond acceptors (Lipinski definition) is 6. The van der Waals surface area contributed by atoms with Crippen molar-refractivity contribution in [3.05, 3.63) is 29.8 Å². The van der Waals surface area contributed by atoms with Gasteiger partial charge in [0.25, 0.3) is 0 Å². The second-order valence-corrected chi connectivity index (χ2v) is 10.6. The fraction of sp³-hybridized carbons (Fsp3) is 0.625. The lowest BCUT2D eigenvalue weighted by Crippen LogP contribution is -2.49. The fourth-order valence-corrected chi connectivity index (χ4v) is 4.78. The van der Waals surface area contributed by atoms with Crippen LogP contribution in [0.5, 0.6) is 0 Å². The number of pyridine rings is 1. The lowest BCUT2D eigenvalue weighted by molar-refractivity contribution is 0.0500. The van der Waals surface area contributed by atoms with Crippen molar-refractivity contribution < 1.29 is 9.53 Å². The maximum Gasteiger partial charge on any atom is 0.407 e. The number of ether oxygens (including phenoxy) is 1. The van der Waals surface area contributed by atoms with Gasteiger partial charge in [-0.15, -0.1) is 0 Å². The van der Waals surface area contributed by atoms with Crippen LogP contribution in [0.3, 0.4) is 0 Å². The first-order valence-corrected chi connectivity index (χ1v) is 12.2. The lowest BCUT2D eigenvalue weighted by atomic mass is 10.0. The molecule has 1 amide bonds. The molecule has 0 aliphatic carbocycles. The highest BCUT2D eigenvalue weighted by Crippen LogP contribution is 2.34. The smallest absolute Gasteiger partial charge is 0.407 e. The Balaban J connectivity index is 1.51. The van der Waals surface area contributed by atoms with E-state index < -0.39 is 5.60 Å². The molecule has 0 bridgehead atoms. The second-order valence-electron chi connectivity index (χ2n) is 10.2. The number of nitrogens with zero attached hydrogens (tertiary/aromatic N) is 5. The minimum absolute atomic E-state index is 0.00958.